The first-order chi connectivity index (χ1) is 14.1. The SMILES string of the molecule is Cc1cnc(C(=O)N2CCC3(COCc4cnc(-c5ccccc5)nc43)C2)cn1. The Morgan fingerprint density at radius 3 is 2.76 bits per heavy atom. The average molecular weight is 387 g/mol. The number of hydrogen-bond donors (Lipinski definition) is 0. The van der Waals surface area contributed by atoms with Crippen LogP contribution in [0.2, 0.25) is 0 Å². The third kappa shape index (κ3) is 3.17. The summed E-state index contributed by atoms with van der Waals surface area (Å²) in [5.74, 6) is 0.610. The van der Waals surface area contributed by atoms with Crippen molar-refractivity contribution >= 4 is 5.91 Å². The number of amides is 1. The fourth-order valence-electron chi connectivity index (χ4n) is 4.14. The Balaban J connectivity index is 1.47. The van der Waals surface area contributed by atoms with Crippen molar-refractivity contribution in [3.05, 3.63) is 71.6 Å². The van der Waals surface area contributed by atoms with Gasteiger partial charge in [-0.25, -0.2) is 15.0 Å². The van der Waals surface area contributed by atoms with Gasteiger partial charge in [0.1, 0.15) is 5.69 Å². The zero-order valence-corrected chi connectivity index (χ0v) is 16.2. The van der Waals surface area contributed by atoms with Gasteiger partial charge in [0.25, 0.3) is 5.91 Å². The molecule has 2 aliphatic heterocycles. The second-order valence-electron chi connectivity index (χ2n) is 7.73. The minimum absolute atomic E-state index is 0.0983. The Morgan fingerprint density at radius 2 is 1.97 bits per heavy atom. The molecule has 4 heterocycles. The molecule has 146 valence electrons. The number of hydrogen-bond acceptors (Lipinski definition) is 6. The summed E-state index contributed by atoms with van der Waals surface area (Å²) in [6.45, 7) is 4.10. The number of aryl methyl sites for hydroxylation is 1. The molecule has 0 radical (unpaired) electrons. The molecular weight excluding hydrogens is 366 g/mol. The molecule has 5 rings (SSSR count). The van der Waals surface area contributed by atoms with Crippen LogP contribution in [0.4, 0.5) is 0 Å². The first kappa shape index (κ1) is 17.9. The molecule has 1 atom stereocenters. The first-order valence-electron chi connectivity index (χ1n) is 9.72. The molecule has 29 heavy (non-hydrogen) atoms. The third-order valence-electron chi connectivity index (χ3n) is 5.68. The van der Waals surface area contributed by atoms with Crippen molar-refractivity contribution in [1.82, 2.24) is 24.8 Å². The maximum Gasteiger partial charge on any atom is 0.274 e. The van der Waals surface area contributed by atoms with Gasteiger partial charge in [-0.1, -0.05) is 30.3 Å². The second-order valence-corrected chi connectivity index (χ2v) is 7.73. The van der Waals surface area contributed by atoms with E-state index in [1.807, 2.05) is 48.4 Å². The lowest BCUT2D eigenvalue weighted by atomic mass is 9.80. The van der Waals surface area contributed by atoms with Gasteiger partial charge >= 0.3 is 0 Å². The Hall–Kier alpha value is -3.19. The number of ether oxygens (including phenoxy) is 1. The summed E-state index contributed by atoms with van der Waals surface area (Å²) >= 11 is 0. The van der Waals surface area contributed by atoms with Crippen molar-refractivity contribution in [2.75, 3.05) is 19.7 Å². The number of carbonyl (C=O) groups is 1. The fourth-order valence-corrected chi connectivity index (χ4v) is 4.14. The van der Waals surface area contributed by atoms with E-state index < -0.39 is 0 Å². The molecule has 1 amide bonds. The maximum atomic E-state index is 12.9. The van der Waals surface area contributed by atoms with Crippen LogP contribution in [0.25, 0.3) is 11.4 Å². The Bertz CT molecular complexity index is 1050. The highest BCUT2D eigenvalue weighted by molar-refractivity contribution is 5.92. The van der Waals surface area contributed by atoms with Gasteiger partial charge in [-0.3, -0.25) is 9.78 Å². The average Bonchev–Trinajstić information content (AvgIpc) is 3.19. The highest BCUT2D eigenvalue weighted by atomic mass is 16.5. The van der Waals surface area contributed by atoms with E-state index in [0.29, 0.717) is 37.8 Å². The molecule has 1 unspecified atom stereocenters. The molecule has 0 saturated carbocycles. The summed E-state index contributed by atoms with van der Waals surface area (Å²) in [5, 5.41) is 0. The number of nitrogens with zero attached hydrogens (tertiary/aromatic N) is 5. The molecule has 7 heteroatoms. The molecule has 2 aliphatic rings. The van der Waals surface area contributed by atoms with Crippen LogP contribution in [0.5, 0.6) is 0 Å². The summed E-state index contributed by atoms with van der Waals surface area (Å²) in [7, 11) is 0. The van der Waals surface area contributed by atoms with Crippen molar-refractivity contribution in [3.63, 3.8) is 0 Å². The van der Waals surface area contributed by atoms with E-state index >= 15 is 0 Å². The standard InChI is InChI=1S/C22H21N5O2/c1-15-9-24-18(11-23-15)21(28)27-8-7-22(13-27)14-29-12-17-10-25-20(26-19(17)22)16-5-3-2-4-6-16/h2-6,9-11H,7-8,12-14H2,1H3. The lowest BCUT2D eigenvalue weighted by Crippen LogP contribution is -2.41. The van der Waals surface area contributed by atoms with Crippen LogP contribution >= 0.6 is 0 Å². The zero-order valence-electron chi connectivity index (χ0n) is 16.2. The quantitative estimate of drug-likeness (QED) is 0.672. The minimum atomic E-state index is -0.312. The van der Waals surface area contributed by atoms with Crippen LogP contribution in [0.3, 0.4) is 0 Å². The maximum absolute atomic E-state index is 12.9. The normalized spacial score (nSPS) is 20.7. The van der Waals surface area contributed by atoms with Crippen LogP contribution in [-0.2, 0) is 16.8 Å². The third-order valence-corrected chi connectivity index (χ3v) is 5.68. The predicted molar refractivity (Wildman–Crippen MR) is 106 cm³/mol. The summed E-state index contributed by atoms with van der Waals surface area (Å²) in [6, 6.07) is 9.96. The number of fused-ring (bicyclic) bond motifs is 2. The molecule has 2 aromatic heterocycles. The topological polar surface area (TPSA) is 81.1 Å². The molecule has 1 spiro atoms. The van der Waals surface area contributed by atoms with Crippen LogP contribution in [0.1, 0.15) is 33.9 Å². The van der Waals surface area contributed by atoms with Gasteiger partial charge in [-0.2, -0.15) is 0 Å². The summed E-state index contributed by atoms with van der Waals surface area (Å²) < 4.78 is 5.88. The highest BCUT2D eigenvalue weighted by Gasteiger charge is 2.46. The van der Waals surface area contributed by atoms with E-state index in [0.717, 1.165) is 28.9 Å². The van der Waals surface area contributed by atoms with Crippen LogP contribution < -0.4 is 0 Å². The van der Waals surface area contributed by atoms with E-state index in [1.54, 1.807) is 12.4 Å². The monoisotopic (exact) mass is 387 g/mol. The van der Waals surface area contributed by atoms with Gasteiger partial charge in [-0.15, -0.1) is 0 Å². The van der Waals surface area contributed by atoms with Gasteiger partial charge in [0.2, 0.25) is 0 Å². The summed E-state index contributed by atoms with van der Waals surface area (Å²) in [5.41, 5.74) is 3.84. The number of rotatable bonds is 2. The molecule has 0 bridgehead atoms. The Morgan fingerprint density at radius 1 is 1.10 bits per heavy atom. The van der Waals surface area contributed by atoms with E-state index in [1.165, 1.54) is 0 Å². The first-order valence-corrected chi connectivity index (χ1v) is 9.72. The van der Waals surface area contributed by atoms with E-state index in [9.17, 15) is 4.79 Å². The van der Waals surface area contributed by atoms with E-state index in [-0.39, 0.29) is 11.3 Å². The van der Waals surface area contributed by atoms with E-state index in [4.69, 9.17) is 9.72 Å². The molecule has 1 fully saturated rings. The lowest BCUT2D eigenvalue weighted by Gasteiger charge is -2.34. The van der Waals surface area contributed by atoms with Crippen molar-refractivity contribution in [2.45, 2.75) is 25.4 Å². The molecule has 1 aromatic carbocycles. The van der Waals surface area contributed by atoms with Crippen molar-refractivity contribution in [3.8, 4) is 11.4 Å². The van der Waals surface area contributed by atoms with Gasteiger partial charge in [0.05, 0.1) is 36.2 Å². The van der Waals surface area contributed by atoms with Gasteiger partial charge in [0.15, 0.2) is 5.82 Å². The smallest absolute Gasteiger partial charge is 0.274 e. The fraction of sp³-hybridized carbons (Fsp3) is 0.318. The summed E-state index contributed by atoms with van der Waals surface area (Å²) in [4.78, 5) is 32.7. The van der Waals surface area contributed by atoms with Crippen molar-refractivity contribution in [2.24, 2.45) is 0 Å². The molecule has 0 N–H and O–H groups in total. The van der Waals surface area contributed by atoms with Crippen molar-refractivity contribution < 1.29 is 9.53 Å². The van der Waals surface area contributed by atoms with Crippen molar-refractivity contribution in [1.29, 1.82) is 0 Å². The number of aromatic nitrogens is 4. The molecule has 3 aromatic rings. The largest absolute Gasteiger partial charge is 0.376 e. The number of carbonyl (C=O) groups excluding carboxylic acids is 1. The van der Waals surface area contributed by atoms with E-state index in [2.05, 4.69) is 15.0 Å². The van der Waals surface area contributed by atoms with Crippen LogP contribution in [0.15, 0.2) is 48.9 Å². The number of likely N-dealkylation sites (tertiary alicyclic amines) is 1. The Labute approximate surface area is 168 Å². The summed E-state index contributed by atoms with van der Waals surface area (Å²) in [6.07, 6.45) is 5.83. The van der Waals surface area contributed by atoms with Gasteiger partial charge in [0, 0.05) is 36.6 Å². The minimum Gasteiger partial charge on any atom is -0.376 e. The predicted octanol–water partition coefficient (Wildman–Crippen LogP) is 2.56. The van der Waals surface area contributed by atoms with Gasteiger partial charge < -0.3 is 9.64 Å². The molecule has 7 nitrogen and oxygen atoms in total. The lowest BCUT2D eigenvalue weighted by molar-refractivity contribution is 0.0484. The molecule has 0 aliphatic carbocycles. The number of benzene rings is 1. The van der Waals surface area contributed by atoms with Crippen LogP contribution in [-0.4, -0.2) is 50.4 Å². The molecular formula is C22H21N5O2. The van der Waals surface area contributed by atoms with Crippen LogP contribution in [0, 0.1) is 6.92 Å². The zero-order chi connectivity index (χ0) is 19.8. The Kier molecular flexibility index (Phi) is 4.32. The van der Waals surface area contributed by atoms with Gasteiger partial charge in [-0.05, 0) is 13.3 Å². The molecule has 1 saturated heterocycles. The highest BCUT2D eigenvalue weighted by Crippen LogP contribution is 2.39. The second kappa shape index (κ2) is 7.00.